The summed E-state index contributed by atoms with van der Waals surface area (Å²) in [5.41, 5.74) is 5.58. The lowest BCUT2D eigenvalue weighted by molar-refractivity contribution is 0.0658. The number of aromatic nitrogens is 3. The molecule has 1 aliphatic carbocycles. The van der Waals surface area contributed by atoms with E-state index in [1.165, 1.54) is 12.1 Å². The van der Waals surface area contributed by atoms with Crippen LogP contribution in [0.3, 0.4) is 0 Å². The third-order valence-corrected chi connectivity index (χ3v) is 7.95. The van der Waals surface area contributed by atoms with E-state index >= 15 is 0 Å². The second kappa shape index (κ2) is 9.56. The normalized spacial score (nSPS) is 22.0. The van der Waals surface area contributed by atoms with Gasteiger partial charge in [0.1, 0.15) is 11.6 Å². The Labute approximate surface area is 215 Å². The SMILES string of the molecule is CCO[C@@H]1CC[C@@H](n2c([C@@H]3CCCN3c3ccc(F)c(F)c3)nc3cc(-c4c(C)noc4C)ccc32)C1. The van der Waals surface area contributed by atoms with Gasteiger partial charge >= 0.3 is 0 Å². The predicted molar refractivity (Wildman–Crippen MR) is 139 cm³/mol. The number of benzene rings is 2. The fourth-order valence-electron chi connectivity index (χ4n) is 6.33. The Balaban J connectivity index is 1.46. The summed E-state index contributed by atoms with van der Waals surface area (Å²) in [6.07, 6.45) is 5.09. The van der Waals surface area contributed by atoms with Crippen LogP contribution in [-0.2, 0) is 4.74 Å². The molecule has 6 rings (SSSR count). The molecule has 0 radical (unpaired) electrons. The van der Waals surface area contributed by atoms with Gasteiger partial charge in [-0.1, -0.05) is 11.2 Å². The lowest BCUT2D eigenvalue weighted by atomic mass is 10.0. The molecule has 0 unspecified atom stereocenters. The zero-order valence-electron chi connectivity index (χ0n) is 21.5. The maximum Gasteiger partial charge on any atom is 0.160 e. The Hall–Kier alpha value is -3.26. The molecule has 0 bridgehead atoms. The summed E-state index contributed by atoms with van der Waals surface area (Å²) in [6, 6.07) is 10.8. The van der Waals surface area contributed by atoms with Crippen LogP contribution in [0.4, 0.5) is 14.5 Å². The van der Waals surface area contributed by atoms with E-state index in [2.05, 4.69) is 32.8 Å². The van der Waals surface area contributed by atoms with Gasteiger partial charge in [-0.2, -0.15) is 0 Å². The largest absolute Gasteiger partial charge is 0.378 e. The van der Waals surface area contributed by atoms with Gasteiger partial charge in [0.2, 0.25) is 0 Å². The Morgan fingerprint density at radius 2 is 1.92 bits per heavy atom. The predicted octanol–water partition coefficient (Wildman–Crippen LogP) is 7.06. The maximum absolute atomic E-state index is 14.2. The van der Waals surface area contributed by atoms with Gasteiger partial charge in [0.25, 0.3) is 0 Å². The molecule has 1 aliphatic heterocycles. The lowest BCUT2D eigenvalue weighted by Crippen LogP contribution is -2.26. The Bertz CT molecular complexity index is 1430. The smallest absolute Gasteiger partial charge is 0.160 e. The highest BCUT2D eigenvalue weighted by molar-refractivity contribution is 5.84. The van der Waals surface area contributed by atoms with Gasteiger partial charge in [-0.15, -0.1) is 0 Å². The number of hydrogen-bond acceptors (Lipinski definition) is 5. The summed E-state index contributed by atoms with van der Waals surface area (Å²) in [5.74, 6) is 0.116. The van der Waals surface area contributed by atoms with Gasteiger partial charge in [0, 0.05) is 36.5 Å². The number of nitrogens with zero attached hydrogens (tertiary/aromatic N) is 4. The maximum atomic E-state index is 14.2. The average molecular weight is 507 g/mol. The van der Waals surface area contributed by atoms with Crippen LogP contribution in [0.25, 0.3) is 22.2 Å². The minimum Gasteiger partial charge on any atom is -0.378 e. The molecule has 8 heteroatoms. The molecule has 2 aromatic carbocycles. The molecular formula is C29H32F2N4O2. The highest BCUT2D eigenvalue weighted by Crippen LogP contribution is 2.43. The van der Waals surface area contributed by atoms with Crippen molar-refractivity contribution in [3.8, 4) is 11.1 Å². The Morgan fingerprint density at radius 3 is 2.68 bits per heavy atom. The van der Waals surface area contributed by atoms with Crippen molar-refractivity contribution >= 4 is 16.7 Å². The molecule has 4 aromatic rings. The fourth-order valence-corrected chi connectivity index (χ4v) is 6.33. The van der Waals surface area contributed by atoms with Crippen molar-refractivity contribution in [1.29, 1.82) is 0 Å². The quantitative estimate of drug-likeness (QED) is 0.280. The van der Waals surface area contributed by atoms with E-state index < -0.39 is 11.6 Å². The molecule has 194 valence electrons. The molecule has 2 aliphatic rings. The highest BCUT2D eigenvalue weighted by atomic mass is 19.2. The van der Waals surface area contributed by atoms with E-state index in [0.717, 1.165) is 78.1 Å². The van der Waals surface area contributed by atoms with Crippen LogP contribution < -0.4 is 4.90 Å². The molecule has 6 nitrogen and oxygen atoms in total. The van der Waals surface area contributed by atoms with Gasteiger partial charge in [-0.3, -0.25) is 0 Å². The molecule has 3 heterocycles. The van der Waals surface area contributed by atoms with Gasteiger partial charge in [-0.05, 0) is 82.7 Å². The molecule has 1 saturated heterocycles. The zero-order chi connectivity index (χ0) is 25.7. The molecule has 2 fully saturated rings. The first kappa shape index (κ1) is 24.1. The monoisotopic (exact) mass is 506 g/mol. The number of anilines is 1. The van der Waals surface area contributed by atoms with Crippen molar-refractivity contribution in [2.45, 2.75) is 71.1 Å². The Kier molecular flexibility index (Phi) is 6.23. The van der Waals surface area contributed by atoms with Crippen LogP contribution in [0.2, 0.25) is 0 Å². The van der Waals surface area contributed by atoms with Crippen LogP contribution in [0.1, 0.15) is 68.4 Å². The van der Waals surface area contributed by atoms with Gasteiger partial charge in [0.15, 0.2) is 11.6 Å². The van der Waals surface area contributed by atoms with Crippen molar-refractivity contribution in [1.82, 2.24) is 14.7 Å². The molecule has 1 saturated carbocycles. The average Bonchev–Trinajstić information content (AvgIpc) is 3.66. The topological polar surface area (TPSA) is 56.3 Å². The summed E-state index contributed by atoms with van der Waals surface area (Å²) in [6.45, 7) is 7.40. The van der Waals surface area contributed by atoms with Crippen LogP contribution in [0, 0.1) is 25.5 Å². The number of halogens is 2. The number of hydrogen-bond donors (Lipinski definition) is 0. The van der Waals surface area contributed by atoms with Crippen molar-refractivity contribution in [2.24, 2.45) is 0 Å². The fraction of sp³-hybridized carbons (Fsp3) is 0.448. The summed E-state index contributed by atoms with van der Waals surface area (Å²) in [7, 11) is 0. The van der Waals surface area contributed by atoms with Crippen LogP contribution in [-0.4, -0.2) is 34.0 Å². The first-order chi connectivity index (χ1) is 17.9. The number of fused-ring (bicyclic) bond motifs is 1. The summed E-state index contributed by atoms with van der Waals surface area (Å²) in [4.78, 5) is 7.39. The number of ether oxygens (including phenoxy) is 1. The van der Waals surface area contributed by atoms with Crippen LogP contribution >= 0.6 is 0 Å². The van der Waals surface area contributed by atoms with Crippen molar-refractivity contribution < 1.29 is 18.0 Å². The van der Waals surface area contributed by atoms with E-state index in [9.17, 15) is 8.78 Å². The summed E-state index contributed by atoms with van der Waals surface area (Å²) >= 11 is 0. The molecule has 0 N–H and O–H groups in total. The first-order valence-corrected chi connectivity index (χ1v) is 13.2. The van der Waals surface area contributed by atoms with Crippen molar-refractivity contribution in [3.63, 3.8) is 0 Å². The molecule has 3 atom stereocenters. The molecule has 37 heavy (non-hydrogen) atoms. The van der Waals surface area contributed by atoms with Crippen molar-refractivity contribution in [2.75, 3.05) is 18.1 Å². The Morgan fingerprint density at radius 1 is 1.05 bits per heavy atom. The van der Waals surface area contributed by atoms with E-state index in [1.54, 1.807) is 6.07 Å². The van der Waals surface area contributed by atoms with Crippen LogP contribution in [0.15, 0.2) is 40.9 Å². The molecule has 0 amide bonds. The standard InChI is InChI=1S/C29H32F2N4O2/c1-4-36-22-10-8-21(15-22)35-26-12-7-19(28-17(2)33-37-18(28)3)14-25(26)32-29(35)27-6-5-13-34(27)20-9-11-23(30)24(31)16-20/h7,9,11-12,14,16,21-22,27H,4-6,8,10,13,15H2,1-3H3/t21-,22-,27+/m1/s1. The minimum atomic E-state index is -0.827. The van der Waals surface area contributed by atoms with E-state index in [0.29, 0.717) is 12.3 Å². The molecule has 2 aromatic heterocycles. The van der Waals surface area contributed by atoms with E-state index in [4.69, 9.17) is 14.2 Å². The number of imidazole rings is 1. The second-order valence-electron chi connectivity index (χ2n) is 10.2. The summed E-state index contributed by atoms with van der Waals surface area (Å²) in [5, 5.41) is 4.13. The van der Waals surface area contributed by atoms with E-state index in [1.807, 2.05) is 20.8 Å². The van der Waals surface area contributed by atoms with Crippen LogP contribution in [0.5, 0.6) is 0 Å². The van der Waals surface area contributed by atoms with E-state index in [-0.39, 0.29) is 18.2 Å². The molecular weight excluding hydrogens is 474 g/mol. The number of rotatable bonds is 6. The zero-order valence-corrected chi connectivity index (χ0v) is 21.5. The molecule has 0 spiro atoms. The second-order valence-corrected chi connectivity index (χ2v) is 10.2. The third-order valence-electron chi connectivity index (χ3n) is 7.95. The highest BCUT2D eigenvalue weighted by Gasteiger charge is 2.35. The lowest BCUT2D eigenvalue weighted by Gasteiger charge is -2.28. The van der Waals surface area contributed by atoms with Gasteiger partial charge in [-0.25, -0.2) is 13.8 Å². The van der Waals surface area contributed by atoms with Gasteiger partial charge < -0.3 is 18.7 Å². The van der Waals surface area contributed by atoms with Crippen molar-refractivity contribution in [3.05, 3.63) is 65.3 Å². The first-order valence-electron chi connectivity index (χ1n) is 13.2. The third kappa shape index (κ3) is 4.21. The minimum absolute atomic E-state index is 0.0223. The number of aryl methyl sites for hydroxylation is 2. The summed E-state index contributed by atoms with van der Waals surface area (Å²) < 4.78 is 41.6. The van der Waals surface area contributed by atoms with Gasteiger partial charge in [0.05, 0.1) is 28.9 Å².